The van der Waals surface area contributed by atoms with Gasteiger partial charge in [0.2, 0.25) is 0 Å². The van der Waals surface area contributed by atoms with Gasteiger partial charge in [-0.15, -0.1) is 11.3 Å². The van der Waals surface area contributed by atoms with E-state index in [2.05, 4.69) is 15.4 Å². The number of hydrogen-bond acceptors (Lipinski definition) is 4. The minimum Gasteiger partial charge on any atom is -0.334 e. The number of urea groups is 1. The monoisotopic (exact) mass is 375 g/mol. The molecule has 0 unspecified atom stereocenters. The molecule has 0 atom stereocenters. The van der Waals surface area contributed by atoms with E-state index in [1.807, 2.05) is 36.4 Å². The van der Waals surface area contributed by atoms with Crippen molar-refractivity contribution in [3.05, 3.63) is 69.4 Å². The van der Waals surface area contributed by atoms with Crippen molar-refractivity contribution in [1.29, 1.82) is 0 Å². The fourth-order valence-electron chi connectivity index (χ4n) is 2.32. The normalized spacial score (nSPS) is 10.6. The van der Waals surface area contributed by atoms with Gasteiger partial charge in [-0.25, -0.2) is 14.5 Å². The maximum absolute atomic E-state index is 12.2. The molecule has 0 aliphatic heterocycles. The summed E-state index contributed by atoms with van der Waals surface area (Å²) in [5.41, 5.74) is 2.18. The first kappa shape index (κ1) is 17.4. The van der Waals surface area contributed by atoms with E-state index in [1.54, 1.807) is 23.0 Å². The van der Waals surface area contributed by atoms with Gasteiger partial charge in [0.25, 0.3) is 0 Å². The third-order valence-electron chi connectivity index (χ3n) is 3.65. The second-order valence-electron chi connectivity index (χ2n) is 5.63. The lowest BCUT2D eigenvalue weighted by Gasteiger charge is -2.17. The number of rotatable bonds is 6. The summed E-state index contributed by atoms with van der Waals surface area (Å²) < 4.78 is 2.50. The van der Waals surface area contributed by atoms with Gasteiger partial charge in [-0.1, -0.05) is 35.9 Å². The summed E-state index contributed by atoms with van der Waals surface area (Å²) in [6.45, 7) is 1.71. The number of nitrogens with zero attached hydrogens (tertiary/aromatic N) is 4. The summed E-state index contributed by atoms with van der Waals surface area (Å²) in [6.07, 6.45) is 3.20. The highest BCUT2D eigenvalue weighted by molar-refractivity contribution is 7.16. The van der Waals surface area contributed by atoms with Crippen molar-refractivity contribution in [2.24, 2.45) is 0 Å². The van der Waals surface area contributed by atoms with Crippen molar-refractivity contribution in [2.45, 2.75) is 19.6 Å². The maximum Gasteiger partial charge on any atom is 0.317 e. The summed E-state index contributed by atoms with van der Waals surface area (Å²) >= 11 is 7.40. The fourth-order valence-corrected chi connectivity index (χ4v) is 3.46. The Bertz CT molecular complexity index is 816. The first-order valence-electron chi connectivity index (χ1n) is 7.73. The second-order valence-corrected chi connectivity index (χ2v) is 7.43. The molecular formula is C17H18ClN5OS. The van der Waals surface area contributed by atoms with E-state index in [1.165, 1.54) is 17.7 Å². The van der Waals surface area contributed by atoms with E-state index < -0.39 is 0 Å². The highest BCUT2D eigenvalue weighted by Gasteiger charge is 2.10. The maximum atomic E-state index is 12.2. The van der Waals surface area contributed by atoms with E-state index in [4.69, 9.17) is 11.6 Å². The summed E-state index contributed by atoms with van der Waals surface area (Å²) in [6, 6.07) is 11.7. The van der Waals surface area contributed by atoms with Crippen LogP contribution >= 0.6 is 22.9 Å². The van der Waals surface area contributed by atoms with Crippen LogP contribution in [0.1, 0.15) is 16.0 Å². The molecule has 2 aromatic heterocycles. The van der Waals surface area contributed by atoms with E-state index in [0.29, 0.717) is 19.6 Å². The Hall–Kier alpha value is -2.38. The Morgan fingerprint density at radius 3 is 2.64 bits per heavy atom. The minimum atomic E-state index is -0.115. The Labute approximate surface area is 155 Å². The van der Waals surface area contributed by atoms with E-state index >= 15 is 0 Å². The first-order valence-corrected chi connectivity index (χ1v) is 8.93. The van der Waals surface area contributed by atoms with Gasteiger partial charge in [-0.05, 0) is 23.3 Å². The molecule has 3 rings (SSSR count). The van der Waals surface area contributed by atoms with Crippen molar-refractivity contribution in [1.82, 2.24) is 25.0 Å². The number of carbonyl (C=O) groups is 1. The quantitative estimate of drug-likeness (QED) is 0.718. The smallest absolute Gasteiger partial charge is 0.317 e. The first-order chi connectivity index (χ1) is 12.1. The zero-order valence-corrected chi connectivity index (χ0v) is 15.3. The largest absolute Gasteiger partial charge is 0.334 e. The molecule has 0 radical (unpaired) electrons. The average molecular weight is 376 g/mol. The SMILES string of the molecule is CN(Cc1ccc(Cl)s1)C(=O)NCc1ccc(Cn2cncn2)cc1. The number of amides is 2. The molecule has 0 fully saturated rings. The van der Waals surface area contributed by atoms with E-state index in [9.17, 15) is 4.79 Å². The molecule has 0 spiro atoms. The fraction of sp³-hybridized carbons (Fsp3) is 0.235. The van der Waals surface area contributed by atoms with Crippen LogP contribution in [0.3, 0.4) is 0 Å². The number of carbonyl (C=O) groups excluding carboxylic acids is 1. The van der Waals surface area contributed by atoms with E-state index in [-0.39, 0.29) is 6.03 Å². The van der Waals surface area contributed by atoms with Gasteiger partial charge >= 0.3 is 6.03 Å². The summed E-state index contributed by atoms with van der Waals surface area (Å²) in [7, 11) is 1.77. The molecule has 0 aliphatic carbocycles. The zero-order chi connectivity index (χ0) is 17.6. The molecule has 0 bridgehead atoms. The van der Waals surface area contributed by atoms with Gasteiger partial charge in [0.15, 0.2) is 0 Å². The van der Waals surface area contributed by atoms with Crippen molar-refractivity contribution in [3.8, 4) is 0 Å². The number of benzene rings is 1. The lowest BCUT2D eigenvalue weighted by atomic mass is 10.1. The van der Waals surface area contributed by atoms with Crippen molar-refractivity contribution >= 4 is 29.0 Å². The van der Waals surface area contributed by atoms with Gasteiger partial charge in [0, 0.05) is 18.5 Å². The lowest BCUT2D eigenvalue weighted by Crippen LogP contribution is -2.36. The predicted octanol–water partition coefficient (Wildman–Crippen LogP) is 3.38. The highest BCUT2D eigenvalue weighted by atomic mass is 35.5. The van der Waals surface area contributed by atoms with Crippen molar-refractivity contribution in [2.75, 3.05) is 7.05 Å². The Kier molecular flexibility index (Phi) is 5.67. The Balaban J connectivity index is 1.48. The average Bonchev–Trinajstić information content (AvgIpc) is 3.25. The molecule has 0 saturated carbocycles. The number of hydrogen-bond donors (Lipinski definition) is 1. The summed E-state index contributed by atoms with van der Waals surface area (Å²) in [5.74, 6) is 0. The highest BCUT2D eigenvalue weighted by Crippen LogP contribution is 2.22. The number of thiophene rings is 1. The molecule has 8 heteroatoms. The third-order valence-corrected chi connectivity index (χ3v) is 4.86. The van der Waals surface area contributed by atoms with Crippen LogP contribution in [-0.4, -0.2) is 32.7 Å². The van der Waals surface area contributed by atoms with Crippen LogP contribution in [0.15, 0.2) is 49.1 Å². The molecule has 0 saturated heterocycles. The number of aromatic nitrogens is 3. The van der Waals surface area contributed by atoms with Crippen LogP contribution in [0.4, 0.5) is 4.79 Å². The van der Waals surface area contributed by atoms with Crippen LogP contribution in [-0.2, 0) is 19.6 Å². The molecule has 130 valence electrons. The lowest BCUT2D eigenvalue weighted by molar-refractivity contribution is 0.207. The van der Waals surface area contributed by atoms with E-state index in [0.717, 1.165) is 20.3 Å². The minimum absolute atomic E-state index is 0.115. The molecule has 2 heterocycles. The van der Waals surface area contributed by atoms with Crippen molar-refractivity contribution in [3.63, 3.8) is 0 Å². The summed E-state index contributed by atoms with van der Waals surface area (Å²) in [5, 5.41) is 7.01. The predicted molar refractivity (Wildman–Crippen MR) is 98.6 cm³/mol. The molecule has 1 aromatic carbocycles. The van der Waals surface area contributed by atoms with Gasteiger partial charge in [-0.3, -0.25) is 0 Å². The summed E-state index contributed by atoms with van der Waals surface area (Å²) in [4.78, 5) is 18.8. The molecule has 3 aromatic rings. The van der Waals surface area contributed by atoms with Crippen LogP contribution in [0.5, 0.6) is 0 Å². The second kappa shape index (κ2) is 8.13. The molecule has 0 aliphatic rings. The number of nitrogens with one attached hydrogen (secondary N) is 1. The molecular weight excluding hydrogens is 358 g/mol. The van der Waals surface area contributed by atoms with Crippen LogP contribution in [0, 0.1) is 0 Å². The van der Waals surface area contributed by atoms with Gasteiger partial charge in [-0.2, -0.15) is 5.10 Å². The van der Waals surface area contributed by atoms with Crippen LogP contribution in [0.25, 0.3) is 0 Å². The standard InChI is InChI=1S/C17H18ClN5OS/c1-22(10-15-6-7-16(18)25-15)17(24)20-8-13-2-4-14(5-3-13)9-23-12-19-11-21-23/h2-7,11-12H,8-10H2,1H3,(H,20,24). The van der Waals surface area contributed by atoms with Gasteiger partial charge in [0.05, 0.1) is 17.4 Å². The topological polar surface area (TPSA) is 63.1 Å². The number of halogens is 1. The van der Waals surface area contributed by atoms with Gasteiger partial charge in [0.1, 0.15) is 12.7 Å². The Morgan fingerprint density at radius 1 is 1.24 bits per heavy atom. The van der Waals surface area contributed by atoms with Crippen LogP contribution < -0.4 is 5.32 Å². The third kappa shape index (κ3) is 5.04. The molecule has 1 N–H and O–H groups in total. The van der Waals surface area contributed by atoms with Gasteiger partial charge < -0.3 is 10.2 Å². The van der Waals surface area contributed by atoms with Crippen molar-refractivity contribution < 1.29 is 4.79 Å². The Morgan fingerprint density at radius 2 is 2.00 bits per heavy atom. The molecule has 6 nitrogen and oxygen atoms in total. The molecule has 25 heavy (non-hydrogen) atoms. The van der Waals surface area contributed by atoms with Crippen LogP contribution in [0.2, 0.25) is 4.34 Å². The zero-order valence-electron chi connectivity index (χ0n) is 13.7. The molecule has 2 amide bonds.